The van der Waals surface area contributed by atoms with Gasteiger partial charge in [0.2, 0.25) is 0 Å². The van der Waals surface area contributed by atoms with E-state index in [2.05, 4.69) is 23.1 Å². The lowest BCUT2D eigenvalue weighted by Gasteiger charge is -2.31. The van der Waals surface area contributed by atoms with Crippen LogP contribution in [-0.4, -0.2) is 23.3 Å². The summed E-state index contributed by atoms with van der Waals surface area (Å²) in [5.41, 5.74) is 6.97. The zero-order valence-electron chi connectivity index (χ0n) is 17.8. The highest BCUT2D eigenvalue weighted by atomic mass is 16.2. The molecule has 2 heterocycles. The minimum Gasteiger partial charge on any atom is -0.362 e. The maximum atomic E-state index is 13.7. The van der Waals surface area contributed by atoms with Crippen molar-refractivity contribution in [3.63, 3.8) is 0 Å². The molecule has 154 valence electrons. The number of anilines is 1. The predicted molar refractivity (Wildman–Crippen MR) is 122 cm³/mol. The first-order valence-corrected chi connectivity index (χ1v) is 10.6. The number of hydrogen-bond donors (Lipinski definition) is 0. The summed E-state index contributed by atoms with van der Waals surface area (Å²) >= 11 is 0. The molecule has 5 rings (SSSR count). The quantitative estimate of drug-likeness (QED) is 0.593. The first-order valence-electron chi connectivity index (χ1n) is 10.6. The number of hydrogen-bond acceptors (Lipinski definition) is 3. The Hall–Kier alpha value is -3.66. The largest absolute Gasteiger partial charge is 0.362 e. The SMILES string of the molecule is Cc1ccc(C2=C(N3CCc4ccccc4C3)C(=O)N(c3ccccc3C)C2=O)cc1. The number of aryl methyl sites for hydroxylation is 2. The van der Waals surface area contributed by atoms with Crippen LogP contribution >= 0.6 is 0 Å². The van der Waals surface area contributed by atoms with E-state index in [1.807, 2.05) is 68.4 Å². The van der Waals surface area contributed by atoms with Gasteiger partial charge in [0.25, 0.3) is 11.8 Å². The molecular formula is C27H24N2O2. The zero-order chi connectivity index (χ0) is 21.5. The van der Waals surface area contributed by atoms with Crippen molar-refractivity contribution in [2.45, 2.75) is 26.8 Å². The monoisotopic (exact) mass is 408 g/mol. The first kappa shape index (κ1) is 19.3. The summed E-state index contributed by atoms with van der Waals surface area (Å²) in [7, 11) is 0. The van der Waals surface area contributed by atoms with Gasteiger partial charge >= 0.3 is 0 Å². The number of benzene rings is 3. The molecule has 4 nitrogen and oxygen atoms in total. The van der Waals surface area contributed by atoms with Crippen molar-refractivity contribution < 1.29 is 9.59 Å². The van der Waals surface area contributed by atoms with E-state index < -0.39 is 0 Å². The maximum absolute atomic E-state index is 13.7. The lowest BCUT2D eigenvalue weighted by molar-refractivity contribution is -0.120. The van der Waals surface area contributed by atoms with Crippen molar-refractivity contribution in [1.82, 2.24) is 4.90 Å². The molecule has 3 aromatic carbocycles. The molecule has 0 unspecified atom stereocenters. The maximum Gasteiger partial charge on any atom is 0.282 e. The van der Waals surface area contributed by atoms with Crippen LogP contribution in [0, 0.1) is 13.8 Å². The van der Waals surface area contributed by atoms with Crippen molar-refractivity contribution >= 4 is 23.1 Å². The summed E-state index contributed by atoms with van der Waals surface area (Å²) < 4.78 is 0. The number of nitrogens with zero attached hydrogens (tertiary/aromatic N) is 2. The molecule has 4 heteroatoms. The van der Waals surface area contributed by atoms with Crippen molar-refractivity contribution in [3.05, 3.63) is 106 Å². The van der Waals surface area contributed by atoms with E-state index in [0.29, 0.717) is 30.0 Å². The molecular weight excluding hydrogens is 384 g/mol. The fourth-order valence-corrected chi connectivity index (χ4v) is 4.51. The van der Waals surface area contributed by atoms with Gasteiger partial charge in [0, 0.05) is 13.1 Å². The molecule has 2 aliphatic rings. The van der Waals surface area contributed by atoms with Crippen LogP contribution in [-0.2, 0) is 22.6 Å². The molecule has 0 N–H and O–H groups in total. The van der Waals surface area contributed by atoms with Gasteiger partial charge in [-0.3, -0.25) is 9.59 Å². The molecule has 0 saturated heterocycles. The number of para-hydroxylation sites is 1. The Morgan fingerprint density at radius 3 is 2.16 bits per heavy atom. The first-order chi connectivity index (χ1) is 15.0. The summed E-state index contributed by atoms with van der Waals surface area (Å²) in [6.45, 7) is 5.28. The van der Waals surface area contributed by atoms with Crippen LogP contribution in [0.25, 0.3) is 5.57 Å². The van der Waals surface area contributed by atoms with Gasteiger partial charge in [0.1, 0.15) is 5.70 Å². The van der Waals surface area contributed by atoms with Gasteiger partial charge in [-0.2, -0.15) is 0 Å². The second-order valence-corrected chi connectivity index (χ2v) is 8.26. The number of amides is 2. The molecule has 0 spiro atoms. The molecule has 0 aromatic heterocycles. The van der Waals surface area contributed by atoms with Gasteiger partial charge in [0.15, 0.2) is 0 Å². The smallest absolute Gasteiger partial charge is 0.282 e. The molecule has 0 atom stereocenters. The highest BCUT2D eigenvalue weighted by molar-refractivity contribution is 6.45. The van der Waals surface area contributed by atoms with Crippen molar-refractivity contribution in [2.75, 3.05) is 11.4 Å². The van der Waals surface area contributed by atoms with Crippen LogP contribution in [0.2, 0.25) is 0 Å². The number of fused-ring (bicyclic) bond motifs is 1. The van der Waals surface area contributed by atoms with E-state index in [-0.39, 0.29) is 11.8 Å². The standard InChI is InChI=1S/C27H24N2O2/c1-18-11-13-21(14-12-18)24-25(28-16-15-20-8-4-5-9-22(20)17-28)27(31)29(26(24)30)23-10-6-3-7-19(23)2/h3-14H,15-17H2,1-2H3. The zero-order valence-corrected chi connectivity index (χ0v) is 17.8. The lowest BCUT2D eigenvalue weighted by atomic mass is 9.97. The second kappa shape index (κ2) is 7.55. The fourth-order valence-electron chi connectivity index (χ4n) is 4.51. The van der Waals surface area contributed by atoms with Crippen LogP contribution in [0.15, 0.2) is 78.5 Å². The topological polar surface area (TPSA) is 40.6 Å². The van der Waals surface area contributed by atoms with E-state index in [1.54, 1.807) is 0 Å². The van der Waals surface area contributed by atoms with Crippen LogP contribution in [0.5, 0.6) is 0 Å². The Labute approximate surface area is 182 Å². The van der Waals surface area contributed by atoms with Gasteiger partial charge in [0.05, 0.1) is 11.3 Å². The van der Waals surface area contributed by atoms with Gasteiger partial charge in [-0.1, -0.05) is 72.3 Å². The minimum atomic E-state index is -0.253. The Morgan fingerprint density at radius 1 is 0.742 bits per heavy atom. The Bertz CT molecular complexity index is 1220. The van der Waals surface area contributed by atoms with Crippen molar-refractivity contribution in [1.29, 1.82) is 0 Å². The lowest BCUT2D eigenvalue weighted by Crippen LogP contribution is -2.37. The third kappa shape index (κ3) is 3.25. The highest BCUT2D eigenvalue weighted by Gasteiger charge is 2.43. The predicted octanol–water partition coefficient (Wildman–Crippen LogP) is 4.65. The second-order valence-electron chi connectivity index (χ2n) is 8.26. The molecule has 0 saturated carbocycles. The fraction of sp³-hybridized carbons (Fsp3) is 0.185. The number of carbonyl (C=O) groups excluding carboxylic acids is 2. The third-order valence-corrected chi connectivity index (χ3v) is 6.20. The van der Waals surface area contributed by atoms with Crippen LogP contribution in [0.1, 0.15) is 27.8 Å². The van der Waals surface area contributed by atoms with Gasteiger partial charge < -0.3 is 4.90 Å². The van der Waals surface area contributed by atoms with Crippen molar-refractivity contribution in [3.8, 4) is 0 Å². The molecule has 3 aromatic rings. The van der Waals surface area contributed by atoms with Crippen LogP contribution < -0.4 is 4.90 Å². The molecule has 0 bridgehead atoms. The number of imide groups is 1. The molecule has 0 aliphatic carbocycles. The normalized spacial score (nSPS) is 16.2. The number of rotatable bonds is 3. The summed E-state index contributed by atoms with van der Waals surface area (Å²) in [6, 6.07) is 23.7. The average Bonchev–Trinajstić information content (AvgIpc) is 3.04. The van der Waals surface area contributed by atoms with Crippen LogP contribution in [0.3, 0.4) is 0 Å². The average molecular weight is 409 g/mol. The summed E-state index contributed by atoms with van der Waals surface area (Å²) in [5, 5.41) is 0. The molecule has 31 heavy (non-hydrogen) atoms. The Balaban J connectivity index is 1.64. The van der Waals surface area contributed by atoms with E-state index >= 15 is 0 Å². The van der Waals surface area contributed by atoms with E-state index in [0.717, 1.165) is 23.1 Å². The van der Waals surface area contributed by atoms with E-state index in [4.69, 9.17) is 0 Å². The summed E-state index contributed by atoms with van der Waals surface area (Å²) in [5.74, 6) is -0.494. The number of carbonyl (C=O) groups is 2. The minimum absolute atomic E-state index is 0.241. The molecule has 2 aliphatic heterocycles. The molecule has 2 amide bonds. The third-order valence-electron chi connectivity index (χ3n) is 6.20. The Morgan fingerprint density at radius 2 is 1.42 bits per heavy atom. The van der Waals surface area contributed by atoms with Gasteiger partial charge in [-0.15, -0.1) is 0 Å². The summed E-state index contributed by atoms with van der Waals surface area (Å²) in [4.78, 5) is 30.8. The van der Waals surface area contributed by atoms with Gasteiger partial charge in [-0.05, 0) is 48.6 Å². The van der Waals surface area contributed by atoms with Crippen LogP contribution in [0.4, 0.5) is 5.69 Å². The van der Waals surface area contributed by atoms with Crippen molar-refractivity contribution in [2.24, 2.45) is 0 Å². The summed E-state index contributed by atoms with van der Waals surface area (Å²) in [6.07, 6.45) is 0.854. The molecule has 0 fully saturated rings. The Kier molecular flexibility index (Phi) is 4.70. The highest BCUT2D eigenvalue weighted by Crippen LogP contribution is 2.37. The van der Waals surface area contributed by atoms with Gasteiger partial charge in [-0.25, -0.2) is 4.90 Å². The van der Waals surface area contributed by atoms with E-state index in [1.165, 1.54) is 16.0 Å². The molecule has 0 radical (unpaired) electrons. The van der Waals surface area contributed by atoms with E-state index in [9.17, 15) is 9.59 Å².